The van der Waals surface area contributed by atoms with Crippen molar-refractivity contribution in [3.05, 3.63) is 42.0 Å². The Kier molecular flexibility index (Phi) is 4.63. The van der Waals surface area contributed by atoms with E-state index in [0.717, 1.165) is 31.6 Å². The number of hydrogen-bond acceptors (Lipinski definition) is 2. The zero-order chi connectivity index (χ0) is 11.9. The van der Waals surface area contributed by atoms with Crippen molar-refractivity contribution in [1.82, 2.24) is 0 Å². The molecule has 1 fully saturated rings. The Hall–Kier alpha value is -1.28. The van der Waals surface area contributed by atoms with Crippen LogP contribution in [0.1, 0.15) is 25.3 Å². The van der Waals surface area contributed by atoms with Crippen molar-refractivity contribution < 1.29 is 9.47 Å². The molecule has 0 saturated carbocycles. The van der Waals surface area contributed by atoms with Crippen molar-refractivity contribution in [2.45, 2.75) is 32.3 Å². The minimum absolute atomic E-state index is 0.328. The van der Waals surface area contributed by atoms with Gasteiger partial charge in [-0.25, -0.2) is 0 Å². The Morgan fingerprint density at radius 2 is 2.06 bits per heavy atom. The summed E-state index contributed by atoms with van der Waals surface area (Å²) in [6, 6.07) is 8.37. The predicted octanol–water partition coefficient (Wildman–Crippen LogP) is 3.36. The molecular formula is C15H20O2. The van der Waals surface area contributed by atoms with Gasteiger partial charge in [0.1, 0.15) is 18.5 Å². The van der Waals surface area contributed by atoms with Gasteiger partial charge in [0.25, 0.3) is 0 Å². The maximum atomic E-state index is 5.59. The fraction of sp³-hybridized carbons (Fsp3) is 0.467. The number of hydrogen-bond donors (Lipinski definition) is 0. The molecule has 0 aromatic heterocycles. The van der Waals surface area contributed by atoms with Crippen molar-refractivity contribution in [2.75, 3.05) is 13.2 Å². The second-order valence-corrected chi connectivity index (χ2v) is 4.33. The Labute approximate surface area is 103 Å². The van der Waals surface area contributed by atoms with Crippen LogP contribution in [0, 0.1) is 0 Å². The van der Waals surface area contributed by atoms with Crippen molar-refractivity contribution >= 4 is 0 Å². The monoisotopic (exact) mass is 232 g/mol. The van der Waals surface area contributed by atoms with E-state index in [1.165, 1.54) is 5.56 Å². The summed E-state index contributed by atoms with van der Waals surface area (Å²) in [6.07, 6.45) is 8.12. The molecule has 1 aliphatic heterocycles. The molecule has 1 aliphatic rings. The summed E-state index contributed by atoms with van der Waals surface area (Å²) in [7, 11) is 0. The van der Waals surface area contributed by atoms with Gasteiger partial charge in [-0.2, -0.15) is 0 Å². The Bertz CT molecular complexity index is 350. The second kappa shape index (κ2) is 6.45. The molecular weight excluding hydrogens is 212 g/mol. The van der Waals surface area contributed by atoms with Crippen LogP contribution in [-0.2, 0) is 11.2 Å². The molecule has 0 radical (unpaired) electrons. The first kappa shape index (κ1) is 12.2. The van der Waals surface area contributed by atoms with Crippen LogP contribution in [0.3, 0.4) is 0 Å². The van der Waals surface area contributed by atoms with Crippen molar-refractivity contribution in [3.63, 3.8) is 0 Å². The highest BCUT2D eigenvalue weighted by Crippen LogP contribution is 2.16. The van der Waals surface area contributed by atoms with E-state index >= 15 is 0 Å². The molecule has 0 N–H and O–H groups in total. The van der Waals surface area contributed by atoms with E-state index in [1.54, 1.807) is 0 Å². The van der Waals surface area contributed by atoms with Gasteiger partial charge < -0.3 is 9.47 Å². The lowest BCUT2D eigenvalue weighted by atomic mass is 10.1. The number of rotatable bonds is 7. The minimum Gasteiger partial charge on any atom is -0.491 e. The third-order valence-electron chi connectivity index (χ3n) is 2.76. The Balaban J connectivity index is 1.73. The lowest BCUT2D eigenvalue weighted by Crippen LogP contribution is -2.03. The molecule has 2 nitrogen and oxygen atoms in total. The fourth-order valence-corrected chi connectivity index (χ4v) is 1.64. The maximum Gasteiger partial charge on any atom is 0.119 e. The van der Waals surface area contributed by atoms with Crippen molar-refractivity contribution in [3.8, 4) is 5.75 Å². The summed E-state index contributed by atoms with van der Waals surface area (Å²) < 4.78 is 10.7. The van der Waals surface area contributed by atoms with Gasteiger partial charge in [-0.15, -0.1) is 0 Å². The summed E-state index contributed by atoms with van der Waals surface area (Å²) in [5.41, 5.74) is 1.36. The molecule has 2 rings (SSSR count). The second-order valence-electron chi connectivity index (χ2n) is 4.33. The standard InChI is InChI=1S/C15H20O2/c1-2-3-4-5-6-13-7-9-14(10-8-13)16-11-15-12-17-15/h3-4,7-10,15H,2,5-6,11-12H2,1H3/b4-3+. The average Bonchev–Trinajstić information content (AvgIpc) is 3.18. The quantitative estimate of drug-likeness (QED) is 0.531. The van der Waals surface area contributed by atoms with Crippen LogP contribution in [0.15, 0.2) is 36.4 Å². The number of aryl methyl sites for hydroxylation is 1. The third-order valence-corrected chi connectivity index (χ3v) is 2.76. The van der Waals surface area contributed by atoms with Gasteiger partial charge in [0.05, 0.1) is 6.61 Å². The van der Waals surface area contributed by atoms with E-state index in [0.29, 0.717) is 12.7 Å². The molecule has 17 heavy (non-hydrogen) atoms. The fourth-order valence-electron chi connectivity index (χ4n) is 1.64. The van der Waals surface area contributed by atoms with Gasteiger partial charge in [-0.05, 0) is 37.0 Å². The van der Waals surface area contributed by atoms with E-state index in [-0.39, 0.29) is 0 Å². The molecule has 1 aromatic rings. The van der Waals surface area contributed by atoms with Gasteiger partial charge in [0.2, 0.25) is 0 Å². The van der Waals surface area contributed by atoms with E-state index in [4.69, 9.17) is 9.47 Å². The van der Waals surface area contributed by atoms with Gasteiger partial charge in [0, 0.05) is 0 Å². The van der Waals surface area contributed by atoms with Gasteiger partial charge >= 0.3 is 0 Å². The molecule has 1 saturated heterocycles. The number of benzene rings is 1. The van der Waals surface area contributed by atoms with Crippen LogP contribution in [0.4, 0.5) is 0 Å². The molecule has 1 unspecified atom stereocenters. The zero-order valence-corrected chi connectivity index (χ0v) is 10.4. The van der Waals surface area contributed by atoms with E-state index in [1.807, 2.05) is 12.1 Å². The molecule has 1 atom stereocenters. The van der Waals surface area contributed by atoms with Crippen LogP contribution in [-0.4, -0.2) is 19.3 Å². The maximum absolute atomic E-state index is 5.59. The summed E-state index contributed by atoms with van der Waals surface area (Å²) >= 11 is 0. The molecule has 0 amide bonds. The summed E-state index contributed by atoms with van der Waals surface area (Å²) in [5.74, 6) is 0.938. The smallest absolute Gasteiger partial charge is 0.119 e. The highest BCUT2D eigenvalue weighted by atomic mass is 16.6. The first-order valence-corrected chi connectivity index (χ1v) is 6.37. The Morgan fingerprint density at radius 3 is 2.71 bits per heavy atom. The Morgan fingerprint density at radius 1 is 1.29 bits per heavy atom. The lowest BCUT2D eigenvalue weighted by molar-refractivity contribution is 0.263. The van der Waals surface area contributed by atoms with E-state index < -0.39 is 0 Å². The molecule has 1 heterocycles. The summed E-state index contributed by atoms with van der Waals surface area (Å²) in [5, 5.41) is 0. The van der Waals surface area contributed by atoms with Crippen LogP contribution in [0.5, 0.6) is 5.75 Å². The summed E-state index contributed by atoms with van der Waals surface area (Å²) in [4.78, 5) is 0. The highest BCUT2D eigenvalue weighted by Gasteiger charge is 2.22. The highest BCUT2D eigenvalue weighted by molar-refractivity contribution is 5.27. The largest absolute Gasteiger partial charge is 0.491 e. The number of allylic oxidation sites excluding steroid dienone is 2. The van der Waals surface area contributed by atoms with Crippen molar-refractivity contribution in [1.29, 1.82) is 0 Å². The van der Waals surface area contributed by atoms with Gasteiger partial charge in [-0.3, -0.25) is 0 Å². The summed E-state index contributed by atoms with van der Waals surface area (Å²) in [6.45, 7) is 3.69. The molecule has 1 aromatic carbocycles. The predicted molar refractivity (Wildman–Crippen MR) is 69.4 cm³/mol. The lowest BCUT2D eigenvalue weighted by Gasteiger charge is -2.05. The van der Waals surface area contributed by atoms with Crippen LogP contribution in [0.25, 0.3) is 0 Å². The molecule has 0 aliphatic carbocycles. The average molecular weight is 232 g/mol. The topological polar surface area (TPSA) is 21.8 Å². The van der Waals surface area contributed by atoms with E-state index in [9.17, 15) is 0 Å². The van der Waals surface area contributed by atoms with Crippen LogP contribution >= 0.6 is 0 Å². The van der Waals surface area contributed by atoms with Gasteiger partial charge in [-0.1, -0.05) is 31.2 Å². The van der Waals surface area contributed by atoms with E-state index in [2.05, 4.69) is 31.2 Å². The molecule has 0 bridgehead atoms. The van der Waals surface area contributed by atoms with Crippen LogP contribution < -0.4 is 4.74 Å². The first-order chi connectivity index (χ1) is 8.38. The normalized spacial score (nSPS) is 18.5. The molecule has 0 spiro atoms. The molecule has 92 valence electrons. The van der Waals surface area contributed by atoms with Gasteiger partial charge in [0.15, 0.2) is 0 Å². The third kappa shape index (κ3) is 4.61. The number of ether oxygens (including phenoxy) is 2. The SMILES string of the molecule is CC/C=C/CCc1ccc(OCC2CO2)cc1. The molecule has 2 heteroatoms. The minimum atomic E-state index is 0.328. The first-order valence-electron chi connectivity index (χ1n) is 6.37. The van der Waals surface area contributed by atoms with Crippen LogP contribution in [0.2, 0.25) is 0 Å². The van der Waals surface area contributed by atoms with Crippen molar-refractivity contribution in [2.24, 2.45) is 0 Å². The number of epoxide rings is 1. The zero-order valence-electron chi connectivity index (χ0n) is 10.4.